The number of nitrogens with zero attached hydrogens (tertiary/aromatic N) is 3. The van der Waals surface area contributed by atoms with Crippen LogP contribution in [0.3, 0.4) is 0 Å². The average molecular weight is 438 g/mol. The monoisotopic (exact) mass is 437 g/mol. The van der Waals surface area contributed by atoms with Gasteiger partial charge in [0.15, 0.2) is 0 Å². The van der Waals surface area contributed by atoms with Crippen LogP contribution in [-0.2, 0) is 0 Å². The minimum Gasteiger partial charge on any atom is -0.490 e. The molecule has 0 spiro atoms. The van der Waals surface area contributed by atoms with Crippen LogP contribution in [0.4, 0.5) is 0 Å². The zero-order chi connectivity index (χ0) is 21.8. The van der Waals surface area contributed by atoms with E-state index in [1.165, 1.54) is 11.1 Å². The van der Waals surface area contributed by atoms with E-state index in [-0.39, 0.29) is 17.6 Å². The number of aromatic nitrogens is 2. The Kier molecular flexibility index (Phi) is 6.71. The summed E-state index contributed by atoms with van der Waals surface area (Å²) in [5.41, 5.74) is 1.32. The van der Waals surface area contributed by atoms with Crippen molar-refractivity contribution in [3.63, 3.8) is 0 Å². The quantitative estimate of drug-likeness (QED) is 0.434. The zero-order valence-corrected chi connectivity index (χ0v) is 18.8. The van der Waals surface area contributed by atoms with Gasteiger partial charge in [0.05, 0.1) is 23.2 Å². The van der Waals surface area contributed by atoms with E-state index in [9.17, 15) is 4.79 Å². The number of benzene rings is 2. The summed E-state index contributed by atoms with van der Waals surface area (Å²) in [5, 5.41) is 5.78. The molecule has 5 nitrogen and oxygen atoms in total. The van der Waals surface area contributed by atoms with Crippen molar-refractivity contribution in [2.24, 2.45) is 5.10 Å². The van der Waals surface area contributed by atoms with E-state index in [0.717, 1.165) is 49.0 Å². The third kappa shape index (κ3) is 4.82. The molecule has 1 fully saturated rings. The number of hydrogen-bond acceptors (Lipinski definition) is 4. The van der Waals surface area contributed by atoms with E-state index >= 15 is 0 Å². The van der Waals surface area contributed by atoms with Gasteiger partial charge in [-0.15, -0.1) is 0 Å². The van der Waals surface area contributed by atoms with Crippen molar-refractivity contribution in [1.29, 1.82) is 0 Å². The fourth-order valence-corrected chi connectivity index (χ4v) is 4.21. The molecule has 0 radical (unpaired) electrons. The Bertz CT molecular complexity index is 1150. The van der Waals surface area contributed by atoms with Gasteiger partial charge in [-0.05, 0) is 56.5 Å². The van der Waals surface area contributed by atoms with E-state index in [0.29, 0.717) is 16.2 Å². The molecule has 1 aliphatic carbocycles. The summed E-state index contributed by atoms with van der Waals surface area (Å²) in [7, 11) is 0. The lowest BCUT2D eigenvalue weighted by Crippen LogP contribution is -2.25. The van der Waals surface area contributed by atoms with E-state index in [1.807, 2.05) is 37.3 Å². The van der Waals surface area contributed by atoms with Crippen LogP contribution in [0.5, 0.6) is 5.75 Å². The van der Waals surface area contributed by atoms with Crippen LogP contribution in [0.25, 0.3) is 10.9 Å². The minimum atomic E-state index is -0.145. The molecular formula is C25H28ClN3O2. The van der Waals surface area contributed by atoms with Crippen molar-refractivity contribution < 1.29 is 4.74 Å². The predicted octanol–water partition coefficient (Wildman–Crippen LogP) is 6.16. The van der Waals surface area contributed by atoms with Crippen molar-refractivity contribution >= 4 is 28.7 Å². The van der Waals surface area contributed by atoms with Gasteiger partial charge in [0.1, 0.15) is 11.6 Å². The fraction of sp³-hybridized carbons (Fsp3) is 0.400. The number of fused-ring (bicyclic) bond motifs is 1. The molecule has 4 rings (SSSR count). The lowest BCUT2D eigenvalue weighted by Gasteiger charge is -2.22. The Hall–Kier alpha value is -2.66. The largest absolute Gasteiger partial charge is 0.490 e. The van der Waals surface area contributed by atoms with Crippen molar-refractivity contribution in [2.45, 2.75) is 64.4 Å². The van der Waals surface area contributed by atoms with Crippen molar-refractivity contribution in [3.8, 4) is 5.75 Å². The summed E-state index contributed by atoms with van der Waals surface area (Å²) in [6.07, 6.45) is 8.20. The summed E-state index contributed by atoms with van der Waals surface area (Å²) in [4.78, 5) is 18.2. The topological polar surface area (TPSA) is 56.5 Å². The van der Waals surface area contributed by atoms with E-state index in [1.54, 1.807) is 18.3 Å². The molecular weight excluding hydrogens is 410 g/mol. The van der Waals surface area contributed by atoms with Crippen LogP contribution in [0.1, 0.15) is 69.7 Å². The van der Waals surface area contributed by atoms with Crippen molar-refractivity contribution in [3.05, 3.63) is 69.2 Å². The average Bonchev–Trinajstić information content (AvgIpc) is 2.80. The lowest BCUT2D eigenvalue weighted by atomic mass is 9.88. The van der Waals surface area contributed by atoms with Crippen LogP contribution >= 0.6 is 11.6 Å². The molecule has 0 bridgehead atoms. The number of rotatable bonds is 6. The summed E-state index contributed by atoms with van der Waals surface area (Å²) in [6, 6.07) is 12.9. The number of para-hydroxylation sites is 1. The second-order valence-corrected chi connectivity index (χ2v) is 8.64. The smallest absolute Gasteiger partial charge is 0.282 e. The molecule has 31 heavy (non-hydrogen) atoms. The first kappa shape index (κ1) is 21.6. The predicted molar refractivity (Wildman–Crippen MR) is 127 cm³/mol. The molecule has 1 heterocycles. The highest BCUT2D eigenvalue weighted by Crippen LogP contribution is 2.32. The van der Waals surface area contributed by atoms with Gasteiger partial charge in [-0.3, -0.25) is 4.79 Å². The first-order valence-electron chi connectivity index (χ1n) is 11.1. The maximum Gasteiger partial charge on any atom is 0.282 e. The second-order valence-electron chi connectivity index (χ2n) is 8.20. The van der Waals surface area contributed by atoms with Gasteiger partial charge in [-0.2, -0.15) is 9.78 Å². The summed E-state index contributed by atoms with van der Waals surface area (Å²) in [6.45, 7) is 4.10. The highest BCUT2D eigenvalue weighted by molar-refractivity contribution is 6.30. The highest BCUT2D eigenvalue weighted by atomic mass is 35.5. The van der Waals surface area contributed by atoms with Crippen molar-refractivity contribution in [2.75, 3.05) is 0 Å². The molecule has 1 saturated carbocycles. The van der Waals surface area contributed by atoms with Crippen LogP contribution in [0.2, 0.25) is 5.02 Å². The highest BCUT2D eigenvalue weighted by Gasteiger charge is 2.22. The van der Waals surface area contributed by atoms with E-state index < -0.39 is 0 Å². The maximum absolute atomic E-state index is 13.3. The molecule has 0 amide bonds. The van der Waals surface area contributed by atoms with Crippen LogP contribution in [0.15, 0.2) is 52.4 Å². The molecule has 1 atom stereocenters. The molecule has 0 aliphatic heterocycles. The Morgan fingerprint density at radius 1 is 1.23 bits per heavy atom. The molecule has 1 aliphatic rings. The van der Waals surface area contributed by atoms with Gasteiger partial charge < -0.3 is 4.74 Å². The first-order valence-corrected chi connectivity index (χ1v) is 11.5. The molecule has 0 unspecified atom stereocenters. The Morgan fingerprint density at radius 2 is 2.00 bits per heavy atom. The van der Waals surface area contributed by atoms with Gasteiger partial charge in [-0.1, -0.05) is 49.9 Å². The van der Waals surface area contributed by atoms with E-state index in [2.05, 4.69) is 12.0 Å². The van der Waals surface area contributed by atoms with Gasteiger partial charge in [0.25, 0.3) is 5.56 Å². The summed E-state index contributed by atoms with van der Waals surface area (Å²) < 4.78 is 7.51. The maximum atomic E-state index is 13.3. The molecule has 162 valence electrons. The zero-order valence-electron chi connectivity index (χ0n) is 18.1. The lowest BCUT2D eigenvalue weighted by molar-refractivity contribution is 0.217. The second kappa shape index (κ2) is 9.65. The minimum absolute atomic E-state index is 0.0659. The van der Waals surface area contributed by atoms with Crippen LogP contribution < -0.4 is 10.3 Å². The molecule has 0 saturated heterocycles. The number of halogens is 1. The van der Waals surface area contributed by atoms with Crippen molar-refractivity contribution in [1.82, 2.24) is 9.66 Å². The molecule has 2 aromatic carbocycles. The van der Waals surface area contributed by atoms with Crippen LogP contribution in [0, 0.1) is 0 Å². The van der Waals surface area contributed by atoms with Gasteiger partial charge in [0.2, 0.25) is 0 Å². The molecule has 1 aromatic heterocycles. The third-order valence-electron chi connectivity index (χ3n) is 5.94. The van der Waals surface area contributed by atoms with E-state index in [4.69, 9.17) is 21.3 Å². The Morgan fingerprint density at radius 3 is 2.77 bits per heavy atom. The first-order chi connectivity index (χ1) is 15.1. The normalized spacial score (nSPS) is 16.1. The standard InChI is InChI=1S/C25H28ClN3O2/c1-3-17(2)31-23-14-13-20(26)15-19(23)16-27-29-24(18-9-5-4-6-10-18)28-22-12-8-7-11-21(22)25(29)30/h7-8,11-18H,3-6,9-10H2,1-2H3/t17-/m1/s1. The van der Waals surface area contributed by atoms with Gasteiger partial charge in [0, 0.05) is 16.5 Å². The molecule has 3 aromatic rings. The Balaban J connectivity index is 1.81. The molecule has 0 N–H and O–H groups in total. The SMILES string of the molecule is CC[C@@H](C)Oc1ccc(Cl)cc1C=Nn1c(C2CCCCC2)nc2ccccc2c1=O. The Labute approximate surface area is 187 Å². The third-order valence-corrected chi connectivity index (χ3v) is 6.17. The summed E-state index contributed by atoms with van der Waals surface area (Å²) in [5.74, 6) is 1.67. The molecule has 6 heteroatoms. The number of hydrogen-bond donors (Lipinski definition) is 0. The summed E-state index contributed by atoms with van der Waals surface area (Å²) >= 11 is 6.23. The fourth-order valence-electron chi connectivity index (χ4n) is 4.03. The van der Waals surface area contributed by atoms with Gasteiger partial charge in [-0.25, -0.2) is 4.98 Å². The van der Waals surface area contributed by atoms with Crippen LogP contribution in [-0.4, -0.2) is 22.0 Å². The van der Waals surface area contributed by atoms with Gasteiger partial charge >= 0.3 is 0 Å². The number of ether oxygens (including phenoxy) is 1.